The van der Waals surface area contributed by atoms with E-state index in [1.165, 1.54) is 0 Å². The lowest BCUT2D eigenvalue weighted by Crippen LogP contribution is -2.33. The van der Waals surface area contributed by atoms with Gasteiger partial charge in [-0.15, -0.1) is 0 Å². The maximum atomic E-state index is 13.1. The highest BCUT2D eigenvalue weighted by atomic mass is 35.5. The number of benzene rings is 3. The van der Waals surface area contributed by atoms with Gasteiger partial charge < -0.3 is 16.4 Å². The molecule has 9 heteroatoms. The quantitative estimate of drug-likeness (QED) is 0.353. The van der Waals surface area contributed by atoms with Crippen molar-refractivity contribution in [2.75, 3.05) is 6.54 Å². The third-order valence-electron chi connectivity index (χ3n) is 5.19. The van der Waals surface area contributed by atoms with Gasteiger partial charge in [-0.2, -0.15) is 5.10 Å². The van der Waals surface area contributed by atoms with Crippen molar-refractivity contribution in [3.05, 3.63) is 107 Å². The number of nitrogens with zero attached hydrogens (tertiary/aromatic N) is 2. The van der Waals surface area contributed by atoms with Crippen molar-refractivity contribution < 1.29 is 14.4 Å². The lowest BCUT2D eigenvalue weighted by molar-refractivity contribution is -0.117. The molecule has 8 nitrogen and oxygen atoms in total. The highest BCUT2D eigenvalue weighted by molar-refractivity contribution is 6.30. The molecule has 4 rings (SSSR count). The third kappa shape index (κ3) is 5.93. The van der Waals surface area contributed by atoms with Crippen molar-refractivity contribution in [3.63, 3.8) is 0 Å². The number of carbonyl (C=O) groups excluding carboxylic acids is 3. The summed E-state index contributed by atoms with van der Waals surface area (Å²) in [5.74, 6) is -1.31. The van der Waals surface area contributed by atoms with Crippen molar-refractivity contribution in [1.29, 1.82) is 0 Å². The summed E-state index contributed by atoms with van der Waals surface area (Å²) < 4.78 is 1.67. The van der Waals surface area contributed by atoms with Crippen LogP contribution in [0.5, 0.6) is 0 Å². The monoisotopic (exact) mass is 487 g/mol. The zero-order valence-electron chi connectivity index (χ0n) is 18.6. The van der Waals surface area contributed by atoms with Crippen molar-refractivity contribution in [2.45, 2.75) is 6.54 Å². The molecule has 0 radical (unpaired) electrons. The Balaban J connectivity index is 1.51. The number of nitrogens with one attached hydrogen (secondary N) is 2. The standard InChI is InChI=1S/C26H22ClN5O3/c27-20-12-10-18(11-13-20)24-22(16-32(31-24)21-4-2-1-3-5-21)26(35)29-14-17-6-8-19(9-7-17)25(34)30-15-23(28)33/h1-13,16H,14-15H2,(H2,28,33)(H,29,35)(H,30,34). The van der Waals surface area contributed by atoms with Gasteiger partial charge in [0.05, 0.1) is 17.8 Å². The molecule has 1 heterocycles. The third-order valence-corrected chi connectivity index (χ3v) is 5.44. The molecular weight excluding hydrogens is 466 g/mol. The van der Waals surface area contributed by atoms with Crippen LogP contribution in [0.15, 0.2) is 85.1 Å². The molecule has 0 saturated heterocycles. The molecule has 0 bridgehead atoms. The Morgan fingerprint density at radius 1 is 0.857 bits per heavy atom. The van der Waals surface area contributed by atoms with E-state index >= 15 is 0 Å². The van der Waals surface area contributed by atoms with Crippen molar-refractivity contribution in [3.8, 4) is 16.9 Å². The second kappa shape index (κ2) is 10.7. The Morgan fingerprint density at radius 3 is 2.20 bits per heavy atom. The lowest BCUT2D eigenvalue weighted by atomic mass is 10.1. The van der Waals surface area contributed by atoms with E-state index in [2.05, 4.69) is 15.7 Å². The zero-order valence-corrected chi connectivity index (χ0v) is 19.3. The van der Waals surface area contributed by atoms with Gasteiger partial charge >= 0.3 is 0 Å². The van der Waals surface area contributed by atoms with Gasteiger partial charge in [-0.3, -0.25) is 14.4 Å². The number of amides is 3. The largest absolute Gasteiger partial charge is 0.368 e. The van der Waals surface area contributed by atoms with Gasteiger partial charge in [0.1, 0.15) is 5.69 Å². The van der Waals surface area contributed by atoms with Gasteiger partial charge in [0, 0.05) is 28.9 Å². The van der Waals surface area contributed by atoms with Crippen LogP contribution in [0.1, 0.15) is 26.3 Å². The predicted molar refractivity (Wildman–Crippen MR) is 133 cm³/mol. The summed E-state index contributed by atoms with van der Waals surface area (Å²) in [5.41, 5.74) is 8.76. The Hall–Kier alpha value is -4.43. The van der Waals surface area contributed by atoms with Crippen LogP contribution in [0, 0.1) is 0 Å². The summed E-state index contributed by atoms with van der Waals surface area (Å²) >= 11 is 6.03. The fourth-order valence-corrected chi connectivity index (χ4v) is 3.52. The smallest absolute Gasteiger partial charge is 0.255 e. The van der Waals surface area contributed by atoms with E-state index in [1.807, 2.05) is 42.5 Å². The maximum absolute atomic E-state index is 13.1. The highest BCUT2D eigenvalue weighted by Gasteiger charge is 2.19. The topological polar surface area (TPSA) is 119 Å². The normalized spacial score (nSPS) is 10.5. The van der Waals surface area contributed by atoms with Crippen molar-refractivity contribution in [2.24, 2.45) is 5.73 Å². The van der Waals surface area contributed by atoms with E-state index in [4.69, 9.17) is 17.3 Å². The molecule has 0 aliphatic rings. The molecule has 3 amide bonds. The number of aromatic nitrogens is 2. The van der Waals surface area contributed by atoms with Gasteiger partial charge in [-0.25, -0.2) is 4.68 Å². The molecule has 0 fully saturated rings. The Morgan fingerprint density at radius 2 is 1.54 bits per heavy atom. The van der Waals surface area contributed by atoms with E-state index in [1.54, 1.807) is 47.3 Å². The van der Waals surface area contributed by atoms with Crippen LogP contribution >= 0.6 is 11.6 Å². The van der Waals surface area contributed by atoms with E-state index in [-0.39, 0.29) is 19.0 Å². The number of para-hydroxylation sites is 1. The van der Waals surface area contributed by atoms with Gasteiger partial charge in [-0.05, 0) is 42.0 Å². The van der Waals surface area contributed by atoms with Gasteiger partial charge in [-0.1, -0.05) is 54.1 Å². The summed E-state index contributed by atoms with van der Waals surface area (Å²) in [7, 11) is 0. The molecule has 0 aliphatic heterocycles. The van der Waals surface area contributed by atoms with E-state index in [0.717, 1.165) is 16.8 Å². The lowest BCUT2D eigenvalue weighted by Gasteiger charge is -2.07. The van der Waals surface area contributed by atoms with E-state index in [9.17, 15) is 14.4 Å². The summed E-state index contributed by atoms with van der Waals surface area (Å²) in [5, 5.41) is 10.6. The number of primary amides is 1. The Labute approximate surface area is 206 Å². The molecular formula is C26H22ClN5O3. The first-order chi connectivity index (χ1) is 16.9. The number of carbonyl (C=O) groups is 3. The second-order valence-corrected chi connectivity index (χ2v) is 8.14. The first-order valence-electron chi connectivity index (χ1n) is 10.8. The minimum atomic E-state index is -0.619. The SMILES string of the molecule is NC(=O)CNC(=O)c1ccc(CNC(=O)c2cn(-c3ccccc3)nc2-c2ccc(Cl)cc2)cc1. The van der Waals surface area contributed by atoms with Crippen LogP contribution in [0.4, 0.5) is 0 Å². The number of hydrogen-bond donors (Lipinski definition) is 3. The predicted octanol–water partition coefficient (Wildman–Crippen LogP) is 3.34. The van der Waals surface area contributed by atoms with Gasteiger partial charge in [0.2, 0.25) is 5.91 Å². The molecule has 0 aliphatic carbocycles. The van der Waals surface area contributed by atoms with Crippen LogP contribution in [-0.4, -0.2) is 34.0 Å². The average molecular weight is 488 g/mol. The molecule has 1 aromatic heterocycles. The van der Waals surface area contributed by atoms with E-state index in [0.29, 0.717) is 21.8 Å². The zero-order chi connectivity index (χ0) is 24.8. The van der Waals surface area contributed by atoms with Gasteiger partial charge in [0.15, 0.2) is 0 Å². The molecule has 35 heavy (non-hydrogen) atoms. The summed E-state index contributed by atoms with van der Waals surface area (Å²) in [4.78, 5) is 36.0. The molecule has 4 aromatic rings. The van der Waals surface area contributed by atoms with Crippen LogP contribution in [0.25, 0.3) is 16.9 Å². The molecule has 0 atom stereocenters. The van der Waals surface area contributed by atoms with E-state index < -0.39 is 11.8 Å². The molecule has 3 aromatic carbocycles. The Bertz CT molecular complexity index is 1350. The van der Waals surface area contributed by atoms with Crippen LogP contribution < -0.4 is 16.4 Å². The fourth-order valence-electron chi connectivity index (χ4n) is 3.40. The first kappa shape index (κ1) is 23.7. The molecule has 4 N–H and O–H groups in total. The summed E-state index contributed by atoms with van der Waals surface area (Å²) in [6.45, 7) is 0.0157. The summed E-state index contributed by atoms with van der Waals surface area (Å²) in [6.07, 6.45) is 1.70. The highest BCUT2D eigenvalue weighted by Crippen LogP contribution is 2.25. The molecule has 0 unspecified atom stereocenters. The minimum absolute atomic E-state index is 0.233. The number of halogens is 1. The number of rotatable bonds is 8. The summed E-state index contributed by atoms with van der Waals surface area (Å²) in [6, 6.07) is 23.3. The Kier molecular flexibility index (Phi) is 7.23. The average Bonchev–Trinajstić information content (AvgIpc) is 3.33. The number of hydrogen-bond acceptors (Lipinski definition) is 4. The van der Waals surface area contributed by atoms with Gasteiger partial charge in [0.25, 0.3) is 11.8 Å². The molecule has 0 saturated carbocycles. The number of nitrogens with two attached hydrogens (primary N) is 1. The molecule has 176 valence electrons. The second-order valence-electron chi connectivity index (χ2n) is 7.71. The van der Waals surface area contributed by atoms with Crippen molar-refractivity contribution >= 4 is 29.3 Å². The first-order valence-corrected chi connectivity index (χ1v) is 11.1. The fraction of sp³-hybridized carbons (Fsp3) is 0.0769. The molecule has 0 spiro atoms. The van der Waals surface area contributed by atoms with Crippen LogP contribution in [-0.2, 0) is 11.3 Å². The minimum Gasteiger partial charge on any atom is -0.368 e. The van der Waals surface area contributed by atoms with Crippen LogP contribution in [0.3, 0.4) is 0 Å². The van der Waals surface area contributed by atoms with Crippen molar-refractivity contribution in [1.82, 2.24) is 20.4 Å². The van der Waals surface area contributed by atoms with Crippen LogP contribution in [0.2, 0.25) is 5.02 Å². The maximum Gasteiger partial charge on any atom is 0.255 e.